The molecule has 0 spiro atoms. The van der Waals surface area contributed by atoms with Crippen LogP contribution in [0.4, 0.5) is 16.0 Å². The Kier molecular flexibility index (Phi) is 6.02. The van der Waals surface area contributed by atoms with Gasteiger partial charge in [0.15, 0.2) is 0 Å². The van der Waals surface area contributed by atoms with Crippen molar-refractivity contribution in [1.29, 1.82) is 0 Å². The highest BCUT2D eigenvalue weighted by atomic mass is 19.1. The van der Waals surface area contributed by atoms with E-state index in [9.17, 15) is 9.18 Å². The number of halogens is 1. The van der Waals surface area contributed by atoms with Crippen molar-refractivity contribution in [2.24, 2.45) is 0 Å². The maximum Gasteiger partial charge on any atom is 0.272 e. The van der Waals surface area contributed by atoms with Crippen LogP contribution in [0.15, 0.2) is 36.5 Å². The largest absolute Gasteiger partial charge is 0.337 e. The molecule has 0 aliphatic rings. The van der Waals surface area contributed by atoms with Gasteiger partial charge in [-0.15, -0.1) is 0 Å². The molecule has 1 N–H and O–H groups in total. The second-order valence-electron chi connectivity index (χ2n) is 5.19. The normalized spacial score (nSPS) is 10.4. The molecule has 0 bridgehead atoms. The zero-order valence-electron chi connectivity index (χ0n) is 13.4. The Labute approximate surface area is 135 Å². The fraction of sp³-hybridized carbons (Fsp3) is 0.353. The van der Waals surface area contributed by atoms with Crippen LogP contribution in [-0.2, 0) is 0 Å². The smallest absolute Gasteiger partial charge is 0.272 e. The monoisotopic (exact) mass is 316 g/mol. The van der Waals surface area contributed by atoms with Gasteiger partial charge in [-0.2, -0.15) is 0 Å². The van der Waals surface area contributed by atoms with Crippen molar-refractivity contribution in [2.75, 3.05) is 18.4 Å². The summed E-state index contributed by atoms with van der Waals surface area (Å²) in [6.07, 6.45) is 3.31. The number of amides is 1. The number of hydrogen-bond acceptors (Lipinski definition) is 4. The van der Waals surface area contributed by atoms with E-state index >= 15 is 0 Å². The van der Waals surface area contributed by atoms with Crippen molar-refractivity contribution in [3.8, 4) is 0 Å². The fourth-order valence-electron chi connectivity index (χ4n) is 2.25. The van der Waals surface area contributed by atoms with Crippen molar-refractivity contribution in [3.05, 3.63) is 48.0 Å². The molecule has 2 aromatic rings. The van der Waals surface area contributed by atoms with E-state index in [1.54, 1.807) is 23.1 Å². The van der Waals surface area contributed by atoms with Gasteiger partial charge in [0.25, 0.3) is 5.91 Å². The summed E-state index contributed by atoms with van der Waals surface area (Å²) in [5.41, 5.74) is 0.870. The van der Waals surface area contributed by atoms with Gasteiger partial charge in [0.05, 0.1) is 0 Å². The summed E-state index contributed by atoms with van der Waals surface area (Å²) in [5.74, 6) is -0.188. The SMILES string of the molecule is CCCN(CCC)C(=O)c1ccnc(Nc2cccc(F)c2)n1. The molecule has 0 atom stereocenters. The number of rotatable bonds is 7. The standard InChI is InChI=1S/C17H21FN4O/c1-3-10-22(11-4-2)16(23)15-8-9-19-17(21-15)20-14-7-5-6-13(18)12-14/h5-9,12H,3-4,10-11H2,1-2H3,(H,19,20,21). The van der Waals surface area contributed by atoms with Crippen molar-refractivity contribution >= 4 is 17.5 Å². The van der Waals surface area contributed by atoms with Crippen LogP contribution in [0.25, 0.3) is 0 Å². The lowest BCUT2D eigenvalue weighted by molar-refractivity contribution is 0.0749. The number of carbonyl (C=O) groups excluding carboxylic acids is 1. The zero-order chi connectivity index (χ0) is 16.7. The van der Waals surface area contributed by atoms with Gasteiger partial charge in [0.2, 0.25) is 5.95 Å². The summed E-state index contributed by atoms with van der Waals surface area (Å²) >= 11 is 0. The summed E-state index contributed by atoms with van der Waals surface area (Å²) in [7, 11) is 0. The summed E-state index contributed by atoms with van der Waals surface area (Å²) in [4.78, 5) is 22.6. The molecule has 23 heavy (non-hydrogen) atoms. The molecule has 0 fully saturated rings. The summed E-state index contributed by atoms with van der Waals surface area (Å²) in [6, 6.07) is 7.60. The molecule has 0 saturated carbocycles. The Morgan fingerprint density at radius 1 is 1.22 bits per heavy atom. The van der Waals surface area contributed by atoms with E-state index in [-0.39, 0.29) is 17.7 Å². The highest BCUT2D eigenvalue weighted by Crippen LogP contribution is 2.14. The minimum atomic E-state index is -0.348. The Hall–Kier alpha value is -2.50. The van der Waals surface area contributed by atoms with Gasteiger partial charge in [-0.3, -0.25) is 4.79 Å². The molecular formula is C17H21FN4O. The average molecular weight is 316 g/mol. The molecule has 6 heteroatoms. The van der Waals surface area contributed by atoms with Crippen molar-refractivity contribution in [2.45, 2.75) is 26.7 Å². The molecule has 0 saturated heterocycles. The molecule has 1 aromatic carbocycles. The van der Waals surface area contributed by atoms with Gasteiger partial charge < -0.3 is 10.2 Å². The number of hydrogen-bond donors (Lipinski definition) is 1. The number of carbonyl (C=O) groups is 1. The molecule has 1 heterocycles. The lowest BCUT2D eigenvalue weighted by Gasteiger charge is -2.21. The maximum absolute atomic E-state index is 13.2. The predicted molar refractivity (Wildman–Crippen MR) is 88.2 cm³/mol. The van der Waals surface area contributed by atoms with Crippen LogP contribution in [-0.4, -0.2) is 33.9 Å². The van der Waals surface area contributed by atoms with E-state index in [1.807, 2.05) is 13.8 Å². The summed E-state index contributed by atoms with van der Waals surface area (Å²) in [5, 5.41) is 2.91. The Bertz CT molecular complexity index is 657. The first-order valence-electron chi connectivity index (χ1n) is 7.79. The molecule has 1 amide bonds. The topological polar surface area (TPSA) is 58.1 Å². The van der Waals surface area contributed by atoms with Gasteiger partial charge in [-0.05, 0) is 37.1 Å². The minimum Gasteiger partial charge on any atom is -0.337 e. The van der Waals surface area contributed by atoms with Crippen LogP contribution in [0.5, 0.6) is 0 Å². The van der Waals surface area contributed by atoms with E-state index in [1.165, 1.54) is 18.3 Å². The number of nitrogens with one attached hydrogen (secondary N) is 1. The first-order valence-corrected chi connectivity index (χ1v) is 7.79. The lowest BCUT2D eigenvalue weighted by Crippen LogP contribution is -2.33. The fourth-order valence-corrected chi connectivity index (χ4v) is 2.25. The van der Waals surface area contributed by atoms with Crippen LogP contribution in [0.1, 0.15) is 37.2 Å². The van der Waals surface area contributed by atoms with Gasteiger partial charge in [-0.25, -0.2) is 14.4 Å². The molecule has 2 rings (SSSR count). The number of aromatic nitrogens is 2. The molecule has 0 aliphatic heterocycles. The Morgan fingerprint density at radius 2 is 1.96 bits per heavy atom. The van der Waals surface area contributed by atoms with Crippen LogP contribution in [0.2, 0.25) is 0 Å². The molecule has 0 aliphatic carbocycles. The highest BCUT2D eigenvalue weighted by Gasteiger charge is 2.16. The minimum absolute atomic E-state index is 0.113. The van der Waals surface area contributed by atoms with E-state index < -0.39 is 0 Å². The lowest BCUT2D eigenvalue weighted by atomic mass is 10.3. The van der Waals surface area contributed by atoms with Crippen LogP contribution in [0.3, 0.4) is 0 Å². The molecule has 122 valence electrons. The van der Waals surface area contributed by atoms with E-state index in [4.69, 9.17) is 0 Å². The van der Waals surface area contributed by atoms with Crippen LogP contribution < -0.4 is 5.32 Å². The molecule has 5 nitrogen and oxygen atoms in total. The summed E-state index contributed by atoms with van der Waals surface area (Å²) in [6.45, 7) is 5.46. The third-order valence-corrected chi connectivity index (χ3v) is 3.23. The highest BCUT2D eigenvalue weighted by molar-refractivity contribution is 5.92. The van der Waals surface area contributed by atoms with Gasteiger partial charge in [0, 0.05) is 25.0 Å². The molecular weight excluding hydrogens is 295 g/mol. The average Bonchev–Trinajstić information content (AvgIpc) is 2.54. The van der Waals surface area contributed by atoms with Crippen molar-refractivity contribution in [1.82, 2.24) is 14.9 Å². The van der Waals surface area contributed by atoms with E-state index in [0.29, 0.717) is 24.5 Å². The third-order valence-electron chi connectivity index (χ3n) is 3.23. The number of nitrogens with zero attached hydrogens (tertiary/aromatic N) is 3. The predicted octanol–water partition coefficient (Wildman–Crippen LogP) is 3.62. The Morgan fingerprint density at radius 3 is 2.61 bits per heavy atom. The van der Waals surface area contributed by atoms with E-state index in [0.717, 1.165) is 12.8 Å². The summed E-state index contributed by atoms with van der Waals surface area (Å²) < 4.78 is 13.2. The van der Waals surface area contributed by atoms with Gasteiger partial charge >= 0.3 is 0 Å². The third kappa shape index (κ3) is 4.74. The first kappa shape index (κ1) is 16.9. The zero-order valence-corrected chi connectivity index (χ0v) is 13.4. The van der Waals surface area contributed by atoms with Crippen LogP contribution >= 0.6 is 0 Å². The molecule has 0 radical (unpaired) electrons. The quantitative estimate of drug-likeness (QED) is 0.847. The van der Waals surface area contributed by atoms with Crippen molar-refractivity contribution in [3.63, 3.8) is 0 Å². The second-order valence-corrected chi connectivity index (χ2v) is 5.19. The second kappa shape index (κ2) is 8.22. The van der Waals surface area contributed by atoms with E-state index in [2.05, 4.69) is 15.3 Å². The maximum atomic E-state index is 13.2. The molecule has 1 aromatic heterocycles. The van der Waals surface area contributed by atoms with Gasteiger partial charge in [0.1, 0.15) is 11.5 Å². The first-order chi connectivity index (χ1) is 11.1. The van der Waals surface area contributed by atoms with Crippen molar-refractivity contribution < 1.29 is 9.18 Å². The molecule has 0 unspecified atom stereocenters. The van der Waals surface area contributed by atoms with Crippen LogP contribution in [0, 0.1) is 5.82 Å². The number of anilines is 2. The van der Waals surface area contributed by atoms with Gasteiger partial charge in [-0.1, -0.05) is 19.9 Å². The Balaban J connectivity index is 2.16. The number of benzene rings is 1.